The van der Waals surface area contributed by atoms with Crippen LogP contribution in [0, 0.1) is 0 Å². The molecule has 1 atom stereocenters. The molecule has 0 spiro atoms. The van der Waals surface area contributed by atoms with Crippen LogP contribution in [0.5, 0.6) is 5.75 Å². The second kappa shape index (κ2) is 5.78. The third kappa shape index (κ3) is 2.72. The lowest BCUT2D eigenvalue weighted by atomic mass is 9.87. The van der Waals surface area contributed by atoms with Gasteiger partial charge in [0.25, 0.3) is 0 Å². The molecule has 1 aliphatic rings. The number of phenolic OH excluding ortho intramolecular Hbond substituents is 1. The van der Waals surface area contributed by atoms with Gasteiger partial charge in [0.1, 0.15) is 5.75 Å². The zero-order valence-corrected chi connectivity index (χ0v) is 14.0. The molecule has 4 heteroatoms. The van der Waals surface area contributed by atoms with Crippen LogP contribution in [-0.2, 0) is 6.42 Å². The maximum absolute atomic E-state index is 9.73. The molecule has 0 saturated heterocycles. The number of benzene rings is 2. The van der Waals surface area contributed by atoms with Crippen LogP contribution in [0.2, 0.25) is 0 Å². The van der Waals surface area contributed by atoms with Crippen LogP contribution in [0.15, 0.2) is 45.3 Å². The van der Waals surface area contributed by atoms with E-state index in [4.69, 9.17) is 0 Å². The van der Waals surface area contributed by atoms with Crippen molar-refractivity contribution >= 4 is 37.5 Å². The monoisotopic (exact) mass is 395 g/mol. The highest BCUT2D eigenvalue weighted by atomic mass is 79.9. The van der Waals surface area contributed by atoms with Crippen LogP contribution < -0.4 is 5.32 Å². The van der Waals surface area contributed by atoms with Crippen molar-refractivity contribution in [3.05, 3.63) is 56.5 Å². The van der Waals surface area contributed by atoms with E-state index in [0.29, 0.717) is 5.75 Å². The van der Waals surface area contributed by atoms with Gasteiger partial charge in [0.15, 0.2) is 0 Å². The van der Waals surface area contributed by atoms with E-state index < -0.39 is 0 Å². The lowest BCUT2D eigenvalue weighted by Crippen LogP contribution is -2.17. The van der Waals surface area contributed by atoms with E-state index in [1.54, 1.807) is 6.07 Å². The number of phenols is 1. The summed E-state index contributed by atoms with van der Waals surface area (Å²) >= 11 is 7.17. The third-order valence-electron chi connectivity index (χ3n) is 3.73. The lowest BCUT2D eigenvalue weighted by molar-refractivity contribution is 0.471. The standard InChI is InChI=1S/C16H15Br2NO/c17-13-4-2-5-14(18)16(13)19-15-6-1-3-10-7-8-11(20)9-12(10)15/h2,4-5,7-9,15,19-20H,1,3,6H2. The molecule has 0 amide bonds. The molecule has 104 valence electrons. The molecule has 2 aromatic carbocycles. The molecular formula is C16H15Br2NO. The molecule has 2 N–H and O–H groups in total. The molecule has 0 radical (unpaired) electrons. The molecule has 0 aliphatic heterocycles. The Kier molecular flexibility index (Phi) is 4.03. The number of rotatable bonds is 2. The van der Waals surface area contributed by atoms with Crippen LogP contribution in [0.4, 0.5) is 5.69 Å². The largest absolute Gasteiger partial charge is 0.508 e. The van der Waals surface area contributed by atoms with Gasteiger partial charge in [0.05, 0.1) is 11.7 Å². The van der Waals surface area contributed by atoms with Gasteiger partial charge in [-0.2, -0.15) is 0 Å². The Bertz CT molecular complexity index is 622. The predicted octanol–water partition coefficient (Wildman–Crippen LogP) is 5.41. The second-order valence-corrected chi connectivity index (χ2v) is 6.78. The van der Waals surface area contributed by atoms with E-state index in [2.05, 4.69) is 37.2 Å². The SMILES string of the molecule is Oc1ccc2c(c1)C(Nc1c(Br)cccc1Br)CCC2. The van der Waals surface area contributed by atoms with E-state index in [1.165, 1.54) is 11.1 Å². The number of hydrogen-bond acceptors (Lipinski definition) is 2. The van der Waals surface area contributed by atoms with Crippen molar-refractivity contribution in [1.82, 2.24) is 0 Å². The zero-order valence-electron chi connectivity index (χ0n) is 10.9. The molecule has 3 rings (SSSR count). The molecule has 1 unspecified atom stereocenters. The summed E-state index contributed by atoms with van der Waals surface area (Å²) in [6.07, 6.45) is 3.33. The van der Waals surface area contributed by atoms with E-state index in [-0.39, 0.29) is 6.04 Å². The number of halogens is 2. The minimum absolute atomic E-state index is 0.237. The Balaban J connectivity index is 1.95. The molecular weight excluding hydrogens is 382 g/mol. The van der Waals surface area contributed by atoms with Crippen molar-refractivity contribution in [2.24, 2.45) is 0 Å². The van der Waals surface area contributed by atoms with Crippen LogP contribution in [0.3, 0.4) is 0 Å². The number of nitrogens with one attached hydrogen (secondary N) is 1. The summed E-state index contributed by atoms with van der Waals surface area (Å²) in [4.78, 5) is 0. The molecule has 20 heavy (non-hydrogen) atoms. The minimum atomic E-state index is 0.237. The van der Waals surface area contributed by atoms with E-state index in [1.807, 2.05) is 30.3 Å². The highest BCUT2D eigenvalue weighted by Gasteiger charge is 2.21. The highest BCUT2D eigenvalue weighted by Crippen LogP contribution is 2.38. The van der Waals surface area contributed by atoms with Crippen LogP contribution in [0.25, 0.3) is 0 Å². The van der Waals surface area contributed by atoms with E-state index >= 15 is 0 Å². The van der Waals surface area contributed by atoms with Gasteiger partial charge < -0.3 is 10.4 Å². The Morgan fingerprint density at radius 2 is 1.85 bits per heavy atom. The van der Waals surface area contributed by atoms with Crippen LogP contribution in [-0.4, -0.2) is 5.11 Å². The van der Waals surface area contributed by atoms with Gasteiger partial charge in [-0.25, -0.2) is 0 Å². The summed E-state index contributed by atoms with van der Waals surface area (Å²) in [7, 11) is 0. The van der Waals surface area contributed by atoms with Gasteiger partial charge in [0, 0.05) is 8.95 Å². The van der Waals surface area contributed by atoms with Crippen molar-refractivity contribution in [2.75, 3.05) is 5.32 Å². The Hall–Kier alpha value is -1.000. The normalized spacial score (nSPS) is 17.6. The summed E-state index contributed by atoms with van der Waals surface area (Å²) in [5.41, 5.74) is 3.60. The number of aromatic hydroxyl groups is 1. The Labute approximate surface area is 135 Å². The van der Waals surface area contributed by atoms with Crippen molar-refractivity contribution < 1.29 is 5.11 Å². The number of fused-ring (bicyclic) bond motifs is 1. The van der Waals surface area contributed by atoms with Crippen molar-refractivity contribution in [1.29, 1.82) is 0 Å². The van der Waals surface area contributed by atoms with Gasteiger partial charge in [-0.1, -0.05) is 12.1 Å². The number of anilines is 1. The number of para-hydroxylation sites is 1. The fraction of sp³-hybridized carbons (Fsp3) is 0.250. The zero-order chi connectivity index (χ0) is 14.1. The summed E-state index contributed by atoms with van der Waals surface area (Å²) in [6.45, 7) is 0. The van der Waals surface area contributed by atoms with Gasteiger partial charge in [-0.05, 0) is 86.5 Å². The summed E-state index contributed by atoms with van der Waals surface area (Å²) < 4.78 is 2.08. The van der Waals surface area contributed by atoms with Crippen LogP contribution in [0.1, 0.15) is 30.0 Å². The highest BCUT2D eigenvalue weighted by molar-refractivity contribution is 9.11. The second-order valence-electron chi connectivity index (χ2n) is 5.07. The minimum Gasteiger partial charge on any atom is -0.508 e. The molecule has 0 saturated carbocycles. The lowest BCUT2D eigenvalue weighted by Gasteiger charge is -2.28. The quantitative estimate of drug-likeness (QED) is 0.711. The Morgan fingerprint density at radius 1 is 1.10 bits per heavy atom. The topological polar surface area (TPSA) is 32.3 Å². The maximum atomic E-state index is 9.73. The van der Waals surface area contributed by atoms with Gasteiger partial charge in [0.2, 0.25) is 0 Å². The Morgan fingerprint density at radius 3 is 2.60 bits per heavy atom. The first-order chi connectivity index (χ1) is 9.65. The average Bonchev–Trinajstić information content (AvgIpc) is 2.43. The van der Waals surface area contributed by atoms with Gasteiger partial charge in [-0.3, -0.25) is 0 Å². The fourth-order valence-electron chi connectivity index (χ4n) is 2.75. The number of aryl methyl sites for hydroxylation is 1. The molecule has 2 nitrogen and oxygen atoms in total. The van der Waals surface area contributed by atoms with Crippen molar-refractivity contribution in [3.8, 4) is 5.75 Å². The molecule has 0 fully saturated rings. The summed E-state index contributed by atoms with van der Waals surface area (Å²) in [6, 6.07) is 12.0. The molecule has 1 aliphatic carbocycles. The molecule has 0 aromatic heterocycles. The predicted molar refractivity (Wildman–Crippen MR) is 89.3 cm³/mol. The number of hydrogen-bond donors (Lipinski definition) is 2. The summed E-state index contributed by atoms with van der Waals surface area (Å²) in [5.74, 6) is 0.337. The third-order valence-corrected chi connectivity index (χ3v) is 5.05. The van der Waals surface area contributed by atoms with Crippen LogP contribution >= 0.6 is 31.9 Å². The molecule has 0 bridgehead atoms. The summed E-state index contributed by atoms with van der Waals surface area (Å²) in [5, 5.41) is 13.3. The van der Waals surface area contributed by atoms with Crippen molar-refractivity contribution in [3.63, 3.8) is 0 Å². The molecule has 2 aromatic rings. The average molecular weight is 397 g/mol. The molecule has 0 heterocycles. The smallest absolute Gasteiger partial charge is 0.115 e. The van der Waals surface area contributed by atoms with Crippen molar-refractivity contribution in [2.45, 2.75) is 25.3 Å². The first kappa shape index (κ1) is 14.0. The first-order valence-electron chi connectivity index (χ1n) is 6.67. The van der Waals surface area contributed by atoms with Gasteiger partial charge >= 0.3 is 0 Å². The first-order valence-corrected chi connectivity index (χ1v) is 8.26. The van der Waals surface area contributed by atoms with E-state index in [9.17, 15) is 5.11 Å². The fourth-order valence-corrected chi connectivity index (χ4v) is 3.97. The van der Waals surface area contributed by atoms with E-state index in [0.717, 1.165) is 33.9 Å². The van der Waals surface area contributed by atoms with Gasteiger partial charge in [-0.15, -0.1) is 0 Å². The maximum Gasteiger partial charge on any atom is 0.115 e.